The average molecular weight is 322 g/mol. The molecule has 0 fully saturated rings. The maximum Gasteiger partial charge on any atom is 0.345 e. The van der Waals surface area contributed by atoms with Crippen LogP contribution in [0.2, 0.25) is 0 Å². The fraction of sp³-hybridized carbons (Fsp3) is 0.267. The second-order valence-electron chi connectivity index (χ2n) is 4.52. The van der Waals surface area contributed by atoms with Crippen LogP contribution in [0, 0.1) is 0 Å². The van der Waals surface area contributed by atoms with E-state index in [-0.39, 0.29) is 0 Å². The maximum atomic E-state index is 10.9. The Morgan fingerprint density at radius 1 is 1.19 bits per heavy atom. The summed E-state index contributed by atoms with van der Waals surface area (Å²) in [4.78, 5) is 13.4. The van der Waals surface area contributed by atoms with Crippen molar-refractivity contribution < 1.29 is 19.4 Å². The zero-order chi connectivity index (χ0) is 14.7. The molecule has 0 unspecified atom stereocenters. The molecule has 110 valence electrons. The maximum absolute atomic E-state index is 10.9. The molecule has 6 heteroatoms. The van der Waals surface area contributed by atoms with Gasteiger partial charge in [0.05, 0.1) is 13.2 Å². The van der Waals surface area contributed by atoms with Crippen LogP contribution in [-0.4, -0.2) is 24.3 Å². The van der Waals surface area contributed by atoms with Gasteiger partial charge in [-0.3, -0.25) is 0 Å². The molecule has 0 amide bonds. The summed E-state index contributed by atoms with van der Waals surface area (Å²) in [5, 5.41) is 8.92. The Kier molecular flexibility index (Phi) is 4.36. The smallest absolute Gasteiger partial charge is 0.345 e. The van der Waals surface area contributed by atoms with E-state index < -0.39 is 5.97 Å². The van der Waals surface area contributed by atoms with Gasteiger partial charge in [0.2, 0.25) is 0 Å². The Morgan fingerprint density at radius 3 is 2.76 bits per heavy atom. The van der Waals surface area contributed by atoms with Gasteiger partial charge in [-0.2, -0.15) is 0 Å². The van der Waals surface area contributed by atoms with Gasteiger partial charge in [-0.25, -0.2) is 4.79 Å². The van der Waals surface area contributed by atoms with Crippen LogP contribution < -0.4 is 9.47 Å². The summed E-state index contributed by atoms with van der Waals surface area (Å²) in [7, 11) is 0. The summed E-state index contributed by atoms with van der Waals surface area (Å²) in [5.41, 5.74) is 0. The molecule has 1 aliphatic rings. The van der Waals surface area contributed by atoms with E-state index in [0.29, 0.717) is 18.1 Å². The molecule has 1 aromatic carbocycles. The monoisotopic (exact) mass is 322 g/mol. The minimum Gasteiger partial charge on any atom is -0.490 e. The number of carbonyl (C=O) groups is 1. The lowest BCUT2D eigenvalue weighted by atomic mass is 10.3. The van der Waals surface area contributed by atoms with Crippen LogP contribution in [0.25, 0.3) is 0 Å². The lowest BCUT2D eigenvalue weighted by Crippen LogP contribution is -1.97. The minimum atomic E-state index is -0.869. The van der Waals surface area contributed by atoms with Crippen LogP contribution in [0.15, 0.2) is 35.2 Å². The molecule has 21 heavy (non-hydrogen) atoms. The number of fused-ring (bicyclic) bond motifs is 1. The molecule has 0 atom stereocenters. The molecule has 2 heterocycles. The summed E-state index contributed by atoms with van der Waals surface area (Å²) >= 11 is 2.98. The van der Waals surface area contributed by atoms with Crippen molar-refractivity contribution in [2.75, 3.05) is 13.2 Å². The van der Waals surface area contributed by atoms with Crippen LogP contribution in [-0.2, 0) is 5.75 Å². The Morgan fingerprint density at radius 2 is 2.00 bits per heavy atom. The highest BCUT2D eigenvalue weighted by Crippen LogP contribution is 2.35. The Hall–Kier alpha value is -1.66. The van der Waals surface area contributed by atoms with E-state index in [0.717, 1.165) is 33.4 Å². The van der Waals surface area contributed by atoms with Gasteiger partial charge in [0.1, 0.15) is 4.88 Å². The van der Waals surface area contributed by atoms with Crippen molar-refractivity contribution in [3.05, 3.63) is 40.1 Å². The summed E-state index contributed by atoms with van der Waals surface area (Å²) < 4.78 is 11.3. The number of carboxylic acids is 1. The number of hydrogen-bond acceptors (Lipinski definition) is 5. The predicted octanol–water partition coefficient (Wildman–Crippen LogP) is 3.90. The lowest BCUT2D eigenvalue weighted by molar-refractivity contribution is 0.0702. The van der Waals surface area contributed by atoms with E-state index >= 15 is 0 Å². The summed E-state index contributed by atoms with van der Waals surface area (Å²) in [6, 6.07) is 9.43. The van der Waals surface area contributed by atoms with Gasteiger partial charge in [0, 0.05) is 21.9 Å². The van der Waals surface area contributed by atoms with Crippen molar-refractivity contribution >= 4 is 29.1 Å². The molecular weight excluding hydrogens is 308 g/mol. The zero-order valence-electron chi connectivity index (χ0n) is 11.2. The molecule has 2 aromatic rings. The zero-order valence-corrected chi connectivity index (χ0v) is 12.8. The molecule has 0 spiro atoms. The molecular formula is C15H14O4S2. The average Bonchev–Trinajstić information content (AvgIpc) is 2.84. The van der Waals surface area contributed by atoms with Gasteiger partial charge < -0.3 is 14.6 Å². The number of ether oxygens (including phenoxy) is 2. The summed E-state index contributed by atoms with van der Waals surface area (Å²) in [6.07, 6.45) is 0.893. The number of thiophene rings is 1. The number of rotatable bonds is 4. The van der Waals surface area contributed by atoms with Crippen molar-refractivity contribution in [3.63, 3.8) is 0 Å². The molecule has 3 rings (SSSR count). The van der Waals surface area contributed by atoms with Crippen LogP contribution in [0.3, 0.4) is 0 Å². The molecule has 0 bridgehead atoms. The van der Waals surface area contributed by atoms with Crippen molar-refractivity contribution in [2.24, 2.45) is 0 Å². The van der Waals surface area contributed by atoms with Crippen LogP contribution in [0.4, 0.5) is 0 Å². The molecule has 0 radical (unpaired) electrons. The van der Waals surface area contributed by atoms with Crippen molar-refractivity contribution in [1.82, 2.24) is 0 Å². The van der Waals surface area contributed by atoms with Crippen molar-refractivity contribution in [2.45, 2.75) is 17.1 Å². The van der Waals surface area contributed by atoms with E-state index in [4.69, 9.17) is 14.6 Å². The molecule has 1 aromatic heterocycles. The lowest BCUT2D eigenvalue weighted by Gasteiger charge is -2.08. The third kappa shape index (κ3) is 3.51. The summed E-state index contributed by atoms with van der Waals surface area (Å²) in [5.74, 6) is 1.46. The number of aromatic carboxylic acids is 1. The summed E-state index contributed by atoms with van der Waals surface area (Å²) in [6.45, 7) is 1.36. The second-order valence-corrected chi connectivity index (χ2v) is 6.74. The largest absolute Gasteiger partial charge is 0.490 e. The van der Waals surface area contributed by atoms with Gasteiger partial charge in [-0.1, -0.05) is 0 Å². The second kappa shape index (κ2) is 6.41. The molecule has 0 aliphatic carbocycles. The molecule has 4 nitrogen and oxygen atoms in total. The highest BCUT2D eigenvalue weighted by Gasteiger charge is 2.12. The highest BCUT2D eigenvalue weighted by atomic mass is 32.2. The normalized spacial score (nSPS) is 13.7. The van der Waals surface area contributed by atoms with Gasteiger partial charge in [0.15, 0.2) is 11.5 Å². The van der Waals surface area contributed by atoms with Gasteiger partial charge in [-0.15, -0.1) is 23.1 Å². The van der Waals surface area contributed by atoms with Gasteiger partial charge >= 0.3 is 5.97 Å². The minimum absolute atomic E-state index is 0.379. The third-order valence-electron chi connectivity index (χ3n) is 2.97. The Bertz CT molecular complexity index is 651. The third-order valence-corrected chi connectivity index (χ3v) is 5.27. The van der Waals surface area contributed by atoms with Gasteiger partial charge in [-0.05, 0) is 30.3 Å². The van der Waals surface area contributed by atoms with E-state index in [2.05, 4.69) is 0 Å². The fourth-order valence-electron chi connectivity index (χ4n) is 1.96. The SMILES string of the molecule is O=C(O)c1ccc(CSc2ccc3c(c2)OCCCO3)s1. The molecule has 0 saturated carbocycles. The topological polar surface area (TPSA) is 55.8 Å². The van der Waals surface area contributed by atoms with Crippen LogP contribution in [0.1, 0.15) is 21.0 Å². The number of carboxylic acid groups (broad SMARTS) is 1. The van der Waals surface area contributed by atoms with E-state index in [1.165, 1.54) is 11.3 Å². The van der Waals surface area contributed by atoms with Gasteiger partial charge in [0.25, 0.3) is 0 Å². The van der Waals surface area contributed by atoms with E-state index in [9.17, 15) is 4.79 Å². The molecule has 1 aliphatic heterocycles. The number of hydrogen-bond donors (Lipinski definition) is 1. The Labute approximate surface area is 130 Å². The standard InChI is InChI=1S/C15H14O4S2/c16-15(17)14-5-3-11(21-14)9-20-10-2-4-12-13(8-10)19-7-1-6-18-12/h2-5,8H,1,6-7,9H2,(H,16,17). The van der Waals surface area contributed by atoms with Crippen molar-refractivity contribution in [3.8, 4) is 11.5 Å². The first-order valence-corrected chi connectivity index (χ1v) is 8.37. The number of benzene rings is 1. The Balaban J connectivity index is 1.67. The first kappa shape index (κ1) is 14.3. The fourth-order valence-corrected chi connectivity index (χ4v) is 3.77. The number of thioether (sulfide) groups is 1. The predicted molar refractivity (Wildman–Crippen MR) is 82.9 cm³/mol. The quantitative estimate of drug-likeness (QED) is 0.865. The van der Waals surface area contributed by atoms with Crippen LogP contribution in [0.5, 0.6) is 11.5 Å². The molecule has 0 saturated heterocycles. The first-order valence-electron chi connectivity index (χ1n) is 6.57. The first-order chi connectivity index (χ1) is 10.2. The van der Waals surface area contributed by atoms with Crippen LogP contribution >= 0.6 is 23.1 Å². The van der Waals surface area contributed by atoms with E-state index in [1.54, 1.807) is 17.8 Å². The van der Waals surface area contributed by atoms with E-state index in [1.807, 2.05) is 24.3 Å². The highest BCUT2D eigenvalue weighted by molar-refractivity contribution is 7.98. The van der Waals surface area contributed by atoms with Crippen molar-refractivity contribution in [1.29, 1.82) is 0 Å². The molecule has 1 N–H and O–H groups in total.